The smallest absolute Gasteiger partial charge is 0.247 e. The fourth-order valence-corrected chi connectivity index (χ4v) is 9.40. The minimum absolute atomic E-state index is 0.0751. The van der Waals surface area contributed by atoms with Gasteiger partial charge in [0.05, 0.1) is 6.10 Å². The first-order valence-electron chi connectivity index (χ1n) is 13.7. The highest BCUT2D eigenvalue weighted by Gasteiger charge is 2.64. The number of benzene rings is 1. The van der Waals surface area contributed by atoms with Crippen LogP contribution in [-0.2, 0) is 16.0 Å². The topological polar surface area (TPSA) is 64.6 Å². The molecule has 1 N–H and O–H groups in total. The van der Waals surface area contributed by atoms with Crippen LogP contribution in [0.15, 0.2) is 29.8 Å². The van der Waals surface area contributed by atoms with Crippen molar-refractivity contribution in [1.29, 1.82) is 0 Å². The van der Waals surface area contributed by atoms with Gasteiger partial charge in [-0.25, -0.2) is 0 Å². The van der Waals surface area contributed by atoms with Crippen LogP contribution >= 0.6 is 0 Å². The van der Waals surface area contributed by atoms with Crippen molar-refractivity contribution >= 4 is 11.5 Å². The average molecular weight is 462 g/mol. The van der Waals surface area contributed by atoms with Crippen LogP contribution in [0.25, 0.3) is 5.57 Å². The van der Waals surface area contributed by atoms with Crippen molar-refractivity contribution in [3.8, 4) is 0 Å². The molecule has 0 spiro atoms. The quantitative estimate of drug-likeness (QED) is 0.735. The van der Waals surface area contributed by atoms with Gasteiger partial charge in [-0.2, -0.15) is 0 Å². The zero-order valence-corrected chi connectivity index (χ0v) is 20.5. The second-order valence-corrected chi connectivity index (χ2v) is 12.1. The van der Waals surface area contributed by atoms with Crippen molar-refractivity contribution in [2.45, 2.75) is 82.7 Å². The maximum absolute atomic E-state index is 13.4. The van der Waals surface area contributed by atoms with Gasteiger partial charge in [0.25, 0.3) is 0 Å². The summed E-state index contributed by atoms with van der Waals surface area (Å²) < 4.78 is 7.01. The fraction of sp³-hybridized carbons (Fsp3) is 0.690. The Kier molecular flexibility index (Phi) is 4.86. The van der Waals surface area contributed by atoms with E-state index in [1.54, 1.807) is 0 Å². The van der Waals surface area contributed by atoms with Gasteiger partial charge in [0.2, 0.25) is 5.91 Å². The molecule has 1 aromatic rings. The Balaban J connectivity index is 1.51. The zero-order chi connectivity index (χ0) is 23.2. The maximum atomic E-state index is 13.4. The Morgan fingerprint density at radius 1 is 1.18 bits per heavy atom. The van der Waals surface area contributed by atoms with E-state index in [0.29, 0.717) is 42.2 Å². The molecule has 3 aliphatic carbocycles. The van der Waals surface area contributed by atoms with E-state index in [4.69, 9.17) is 4.74 Å². The van der Waals surface area contributed by atoms with Crippen LogP contribution in [0, 0.1) is 29.6 Å². The molecule has 1 amide bonds. The Bertz CT molecular complexity index is 1050. The van der Waals surface area contributed by atoms with E-state index < -0.39 is 5.72 Å². The van der Waals surface area contributed by atoms with Crippen LogP contribution in [0.3, 0.4) is 0 Å². The van der Waals surface area contributed by atoms with Gasteiger partial charge in [0.1, 0.15) is 5.72 Å². The van der Waals surface area contributed by atoms with Gasteiger partial charge < -0.3 is 15.2 Å². The van der Waals surface area contributed by atoms with Gasteiger partial charge in [-0.15, -0.1) is 6.61 Å². The molecule has 0 aromatic heterocycles. The zero-order valence-electron chi connectivity index (χ0n) is 20.5. The number of hydrogen-bond donors (Lipinski definition) is 1. The summed E-state index contributed by atoms with van der Waals surface area (Å²) in [6, 6.07) is 9.62. The molecule has 6 aliphatic rings. The second kappa shape index (κ2) is 7.65. The van der Waals surface area contributed by atoms with Crippen LogP contribution in [0.4, 0.5) is 0 Å². The molecule has 5 nitrogen and oxygen atoms in total. The lowest BCUT2D eigenvalue weighted by Crippen LogP contribution is -2.62. The first-order chi connectivity index (χ1) is 16.5. The molecule has 1 saturated carbocycles. The molecule has 34 heavy (non-hydrogen) atoms. The summed E-state index contributed by atoms with van der Waals surface area (Å²) in [5.74, 6) is 2.23. The van der Waals surface area contributed by atoms with Crippen LogP contribution in [-0.4, -0.2) is 47.9 Å². The summed E-state index contributed by atoms with van der Waals surface area (Å²) in [4.78, 5) is 16.2. The lowest BCUT2D eigenvalue weighted by molar-refractivity contribution is -0.382. The number of nitrogens with one attached hydrogen (secondary N) is 1. The Hall–Kier alpha value is -1.69. The van der Waals surface area contributed by atoms with E-state index >= 15 is 0 Å². The highest BCUT2D eigenvalue weighted by atomic mass is 16.5. The van der Waals surface area contributed by atoms with Crippen LogP contribution in [0.1, 0.15) is 63.5 Å². The molecule has 2 bridgehead atoms. The molecular formula is C29H37N2O3-. The lowest BCUT2D eigenvalue weighted by Gasteiger charge is -2.54. The molecule has 9 unspecified atom stereocenters. The third-order valence-electron chi connectivity index (χ3n) is 10.5. The average Bonchev–Trinajstić information content (AvgIpc) is 3.31. The number of amides is 1. The van der Waals surface area contributed by atoms with E-state index in [1.807, 2.05) is 0 Å². The van der Waals surface area contributed by atoms with Gasteiger partial charge in [-0.3, -0.25) is 9.69 Å². The monoisotopic (exact) mass is 461 g/mol. The first-order valence-corrected chi connectivity index (χ1v) is 13.7. The highest BCUT2D eigenvalue weighted by Crippen LogP contribution is 2.62. The lowest BCUT2D eigenvalue weighted by atomic mass is 9.61. The summed E-state index contributed by atoms with van der Waals surface area (Å²) in [7, 11) is 0. The van der Waals surface area contributed by atoms with Gasteiger partial charge in [0.15, 0.2) is 0 Å². The second-order valence-electron chi connectivity index (χ2n) is 12.1. The van der Waals surface area contributed by atoms with Crippen molar-refractivity contribution in [2.75, 3.05) is 13.2 Å². The van der Waals surface area contributed by atoms with Gasteiger partial charge in [-0.05, 0) is 80.4 Å². The van der Waals surface area contributed by atoms with Crippen molar-refractivity contribution < 1.29 is 14.6 Å². The van der Waals surface area contributed by atoms with Gasteiger partial charge in [0, 0.05) is 36.0 Å². The molecule has 5 heteroatoms. The van der Waals surface area contributed by atoms with Gasteiger partial charge in [-0.1, -0.05) is 37.1 Å². The van der Waals surface area contributed by atoms with Crippen molar-refractivity contribution in [3.63, 3.8) is 0 Å². The SMILES string of the molecule is CC1OC(C)(CC[O-])N2C3CCCCC3C3C4CNC(=O)C4=C4c5ccccc5CC1CC4C32. The fourth-order valence-electron chi connectivity index (χ4n) is 9.40. The Morgan fingerprint density at radius 3 is 2.85 bits per heavy atom. The Labute approximate surface area is 202 Å². The number of fused-ring (bicyclic) bond motifs is 8. The summed E-state index contributed by atoms with van der Waals surface area (Å²) in [6.07, 6.45) is 7.62. The summed E-state index contributed by atoms with van der Waals surface area (Å²) in [6.45, 7) is 5.11. The molecule has 0 radical (unpaired) electrons. The number of carbonyl (C=O) groups is 1. The third-order valence-corrected chi connectivity index (χ3v) is 10.5. The molecule has 4 fully saturated rings. The van der Waals surface area contributed by atoms with E-state index in [0.717, 1.165) is 25.0 Å². The minimum atomic E-state index is -0.535. The highest BCUT2D eigenvalue weighted by molar-refractivity contribution is 6.05. The van der Waals surface area contributed by atoms with Crippen LogP contribution < -0.4 is 10.4 Å². The molecule has 7 rings (SSSR count). The predicted molar refractivity (Wildman–Crippen MR) is 128 cm³/mol. The first kappa shape index (κ1) is 21.6. The third kappa shape index (κ3) is 2.81. The predicted octanol–water partition coefficient (Wildman–Crippen LogP) is 3.12. The van der Waals surface area contributed by atoms with Crippen molar-refractivity contribution in [3.05, 3.63) is 41.0 Å². The molecule has 3 heterocycles. The maximum Gasteiger partial charge on any atom is 0.247 e. The van der Waals surface area contributed by atoms with Gasteiger partial charge >= 0.3 is 0 Å². The number of nitrogens with zero attached hydrogens (tertiary/aromatic N) is 1. The van der Waals surface area contributed by atoms with Crippen molar-refractivity contribution in [1.82, 2.24) is 10.2 Å². The van der Waals surface area contributed by atoms with Crippen LogP contribution in [0.2, 0.25) is 0 Å². The number of rotatable bonds is 2. The van der Waals surface area contributed by atoms with E-state index in [-0.39, 0.29) is 24.5 Å². The Morgan fingerprint density at radius 2 is 2.00 bits per heavy atom. The molecule has 1 aromatic carbocycles. The largest absolute Gasteiger partial charge is 0.854 e. The molecule has 3 aliphatic heterocycles. The minimum Gasteiger partial charge on any atom is -0.854 e. The summed E-state index contributed by atoms with van der Waals surface area (Å²) in [5.41, 5.74) is 4.57. The number of carbonyl (C=O) groups excluding carboxylic acids is 1. The normalized spacial score (nSPS) is 45.0. The standard InChI is InChI=1S/C29H37N2O3/c1-16-18-13-17-7-3-4-8-19(17)24-21(14-18)27-25(22-15-30-28(33)26(22)24)20-9-5-6-10-23(20)31(27)29(2,34-16)11-12-32/h3-4,7-8,16,18,20-23,25,27H,5-6,9-15H2,1-2H3,(H,30,33)/q-1. The van der Waals surface area contributed by atoms with Crippen molar-refractivity contribution in [2.24, 2.45) is 29.6 Å². The summed E-state index contributed by atoms with van der Waals surface area (Å²) >= 11 is 0. The molecular weight excluding hydrogens is 424 g/mol. The number of hydrogen-bond acceptors (Lipinski definition) is 4. The number of ether oxygens (including phenoxy) is 1. The molecule has 3 saturated heterocycles. The summed E-state index contributed by atoms with van der Waals surface area (Å²) in [5, 5.41) is 15.4. The van der Waals surface area contributed by atoms with E-state index in [2.05, 4.69) is 48.3 Å². The molecule has 9 atom stereocenters. The molecule has 182 valence electrons. The van der Waals surface area contributed by atoms with Crippen LogP contribution in [0.5, 0.6) is 0 Å². The van der Waals surface area contributed by atoms with E-state index in [1.165, 1.54) is 42.4 Å². The van der Waals surface area contributed by atoms with E-state index in [9.17, 15) is 9.90 Å².